The number of pyridine rings is 1. The smallest absolute Gasteiger partial charge is 0.301 e. The number of β-lactam (4-membered cyclic amide) rings is 1. The van der Waals surface area contributed by atoms with Crippen molar-refractivity contribution in [2.75, 3.05) is 18.9 Å². The van der Waals surface area contributed by atoms with E-state index >= 15 is 0 Å². The van der Waals surface area contributed by atoms with Gasteiger partial charge in [-0.05, 0) is 50.6 Å². The number of aryl methyl sites for hydroxylation is 1. The second-order valence-electron chi connectivity index (χ2n) is 11.9. The summed E-state index contributed by atoms with van der Waals surface area (Å²) in [6, 6.07) is 10.1. The fourth-order valence-corrected chi connectivity index (χ4v) is 6.10. The predicted octanol–water partition coefficient (Wildman–Crippen LogP) is -0.109. The molecule has 2 aromatic heterocycles. The summed E-state index contributed by atoms with van der Waals surface area (Å²) in [7, 11) is -3.41. The molecule has 1 fully saturated rings. The van der Waals surface area contributed by atoms with E-state index in [0.29, 0.717) is 23.8 Å². The zero-order valence-corrected chi connectivity index (χ0v) is 29.4. The van der Waals surface area contributed by atoms with Crippen LogP contribution < -0.4 is 26.5 Å². The van der Waals surface area contributed by atoms with E-state index in [-0.39, 0.29) is 41.8 Å². The number of carbonyl (C=O) groups is 4. The molecule has 0 saturated carbocycles. The highest BCUT2D eigenvalue weighted by Crippen LogP contribution is 2.40. The summed E-state index contributed by atoms with van der Waals surface area (Å²) < 4.78 is 49.8. The Kier molecular flexibility index (Phi) is 12.6. The lowest BCUT2D eigenvalue weighted by Gasteiger charge is -2.51. The van der Waals surface area contributed by atoms with E-state index in [1.165, 1.54) is 19.2 Å². The summed E-state index contributed by atoms with van der Waals surface area (Å²) in [6.07, 6.45) is 0.555. The van der Waals surface area contributed by atoms with Crippen molar-refractivity contribution in [3.63, 3.8) is 0 Å². The second-order valence-corrected chi connectivity index (χ2v) is 13.8. The number of thiazole rings is 1. The fraction of sp³-hybridized carbons (Fsp3) is 0.387. The highest BCUT2D eigenvalue weighted by Gasteiger charge is 2.57. The van der Waals surface area contributed by atoms with Gasteiger partial charge in [-0.1, -0.05) is 17.3 Å². The molecule has 6 N–H and O–H groups in total. The molecule has 51 heavy (non-hydrogen) atoms. The van der Waals surface area contributed by atoms with Gasteiger partial charge in [0.15, 0.2) is 40.9 Å². The first-order chi connectivity index (χ1) is 24.0. The van der Waals surface area contributed by atoms with Crippen molar-refractivity contribution in [1.29, 1.82) is 0 Å². The van der Waals surface area contributed by atoms with E-state index in [4.69, 9.17) is 31.5 Å². The lowest BCUT2D eigenvalue weighted by atomic mass is 9.74. The molecule has 1 amide bonds. The molecule has 0 aliphatic carbocycles. The summed E-state index contributed by atoms with van der Waals surface area (Å²) in [5.41, 5.74) is 17.9. The molecule has 0 unspecified atom stereocenters. The van der Waals surface area contributed by atoms with Crippen molar-refractivity contribution < 1.29 is 55.3 Å². The Labute approximate surface area is 297 Å². The van der Waals surface area contributed by atoms with Crippen LogP contribution in [0.3, 0.4) is 0 Å². The highest BCUT2D eigenvalue weighted by atomic mass is 32.3. The van der Waals surface area contributed by atoms with E-state index in [9.17, 15) is 32.1 Å². The standard InChI is InChI=1S/C31H37N7O11S2/c1-31(2)22(29(42)38(31)49-51(43,44)45)13-26(41)28(24-16-50-30(34)35-24)36-48-27(47-17-39)15-46-21-8-5-18(6-9-21)19-4-7-20(37(3)14-19)12-25(40)23(33)10-11-32/h4-9,14,16-17,22-23,27H,10-13,15,32-33H2,1-3H3,(H2-,34,35,43,44,45)/b36-28-/t22-,23+,27+/m1/s1. The SMILES string of the molecule is C[n+]1cc(-c2ccc(OC[C@@H](OC=O)O/N=C(\C(=O)C[C@@H]3C(=O)N(OS(=O)(=O)[O-])C3(C)C)c3csc(N)n3)cc2)ccc1CC(=O)[C@@H](N)CCN. The number of amides is 1. The molecule has 0 radical (unpaired) electrons. The fourth-order valence-electron chi connectivity index (χ4n) is 5.10. The van der Waals surface area contributed by atoms with Crippen LogP contribution in [-0.4, -0.2) is 83.7 Å². The number of ether oxygens (including phenoxy) is 2. The van der Waals surface area contributed by atoms with E-state index in [1.54, 1.807) is 24.3 Å². The molecule has 3 aromatic rings. The molecular weight excluding hydrogens is 711 g/mol. The molecule has 4 rings (SSSR count). The largest absolute Gasteiger partial charge is 0.724 e. The van der Waals surface area contributed by atoms with E-state index in [0.717, 1.165) is 28.2 Å². The third-order valence-electron chi connectivity index (χ3n) is 7.99. The number of nitrogens with zero attached hydrogens (tertiary/aromatic N) is 4. The first kappa shape index (κ1) is 38.9. The number of carbonyl (C=O) groups excluding carboxylic acids is 4. The van der Waals surface area contributed by atoms with Crippen molar-refractivity contribution >= 4 is 56.5 Å². The molecule has 1 aromatic carbocycles. The van der Waals surface area contributed by atoms with Gasteiger partial charge in [0.05, 0.1) is 23.9 Å². The summed E-state index contributed by atoms with van der Waals surface area (Å²) in [6.45, 7) is 2.90. The molecule has 20 heteroatoms. The molecule has 3 heterocycles. The molecule has 18 nitrogen and oxygen atoms in total. The summed E-state index contributed by atoms with van der Waals surface area (Å²) >= 11 is 1.000. The van der Waals surface area contributed by atoms with Crippen LogP contribution in [0, 0.1) is 5.92 Å². The lowest BCUT2D eigenvalue weighted by molar-refractivity contribution is -0.678. The normalized spacial score (nSPS) is 16.9. The first-order valence-electron chi connectivity index (χ1n) is 15.3. The monoisotopic (exact) mass is 747 g/mol. The van der Waals surface area contributed by atoms with Crippen LogP contribution in [0.5, 0.6) is 5.75 Å². The van der Waals surface area contributed by atoms with Gasteiger partial charge in [-0.2, -0.15) is 9.35 Å². The minimum atomic E-state index is -5.24. The number of benzene rings is 1. The van der Waals surface area contributed by atoms with Crippen molar-refractivity contribution in [3.05, 3.63) is 59.4 Å². The number of hydrogen-bond acceptors (Lipinski definition) is 17. The van der Waals surface area contributed by atoms with Gasteiger partial charge in [0.25, 0.3) is 12.4 Å². The van der Waals surface area contributed by atoms with E-state index in [2.05, 4.69) is 14.4 Å². The lowest BCUT2D eigenvalue weighted by Crippen LogP contribution is -2.68. The Hall–Kier alpha value is -4.86. The molecular formula is C31H37N7O11S2. The van der Waals surface area contributed by atoms with Crippen LogP contribution in [0.25, 0.3) is 11.1 Å². The van der Waals surface area contributed by atoms with Crippen LogP contribution in [0.2, 0.25) is 0 Å². The molecule has 3 atom stereocenters. The number of nitrogen functional groups attached to an aromatic ring is 1. The minimum Gasteiger partial charge on any atom is -0.724 e. The van der Waals surface area contributed by atoms with E-state index < -0.39 is 52.3 Å². The van der Waals surface area contributed by atoms with Gasteiger partial charge in [0.2, 0.25) is 10.4 Å². The van der Waals surface area contributed by atoms with Crippen LogP contribution in [0.15, 0.2) is 53.1 Å². The number of ketones is 2. The Bertz CT molecular complexity index is 1900. The Morgan fingerprint density at radius 3 is 2.45 bits per heavy atom. The summed E-state index contributed by atoms with van der Waals surface area (Å²) in [5.74, 6) is -2.46. The molecule has 1 saturated heterocycles. The van der Waals surface area contributed by atoms with Gasteiger partial charge in [0, 0.05) is 23.4 Å². The third-order valence-corrected chi connectivity index (χ3v) is 8.99. The van der Waals surface area contributed by atoms with Gasteiger partial charge in [0.1, 0.15) is 18.5 Å². The molecule has 0 spiro atoms. The first-order valence-corrected chi connectivity index (χ1v) is 17.5. The minimum absolute atomic E-state index is 0.00637. The van der Waals surface area contributed by atoms with Gasteiger partial charge < -0.3 is 36.1 Å². The maximum absolute atomic E-state index is 13.4. The summed E-state index contributed by atoms with van der Waals surface area (Å²) in [5, 5.41) is 5.77. The number of hydrogen-bond donors (Lipinski definition) is 3. The van der Waals surface area contributed by atoms with Gasteiger partial charge in [-0.3, -0.25) is 19.2 Å². The Morgan fingerprint density at radius 2 is 1.88 bits per heavy atom. The topological polar surface area (TPSA) is 273 Å². The van der Waals surface area contributed by atoms with Gasteiger partial charge in [-0.15, -0.1) is 11.3 Å². The Balaban J connectivity index is 1.42. The second kappa shape index (κ2) is 16.4. The van der Waals surface area contributed by atoms with Crippen molar-refractivity contribution in [3.8, 4) is 16.9 Å². The number of hydroxylamine groups is 2. The van der Waals surface area contributed by atoms with Crippen LogP contribution >= 0.6 is 11.3 Å². The number of anilines is 1. The quantitative estimate of drug-likeness (QED) is 0.0211. The van der Waals surface area contributed by atoms with Crippen molar-refractivity contribution in [2.45, 2.75) is 51.0 Å². The average Bonchev–Trinajstić information content (AvgIpc) is 3.51. The average molecular weight is 748 g/mol. The van der Waals surface area contributed by atoms with Crippen LogP contribution in [0.4, 0.5) is 5.13 Å². The number of Topliss-reactive ketones (excluding diaryl/α,β-unsaturated/α-hetero) is 2. The third kappa shape index (κ3) is 9.90. The van der Waals surface area contributed by atoms with Crippen LogP contribution in [0.1, 0.15) is 38.1 Å². The molecule has 274 valence electrons. The summed E-state index contributed by atoms with van der Waals surface area (Å²) in [4.78, 5) is 59.0. The van der Waals surface area contributed by atoms with Gasteiger partial charge in [-0.25, -0.2) is 18.0 Å². The van der Waals surface area contributed by atoms with Crippen molar-refractivity contribution in [1.82, 2.24) is 10.0 Å². The highest BCUT2D eigenvalue weighted by molar-refractivity contribution is 7.80. The zero-order chi connectivity index (χ0) is 37.5. The molecule has 1 aliphatic rings. The van der Waals surface area contributed by atoms with E-state index in [1.807, 2.05) is 29.9 Å². The van der Waals surface area contributed by atoms with Crippen molar-refractivity contribution in [2.24, 2.45) is 29.6 Å². The zero-order valence-electron chi connectivity index (χ0n) is 27.8. The Morgan fingerprint density at radius 1 is 1.20 bits per heavy atom. The maximum atomic E-state index is 13.4. The maximum Gasteiger partial charge on any atom is 0.301 e. The predicted molar refractivity (Wildman–Crippen MR) is 179 cm³/mol. The number of oxime groups is 1. The molecule has 1 aliphatic heterocycles. The molecule has 0 bridgehead atoms. The number of rotatable bonds is 19. The number of aromatic nitrogens is 2. The van der Waals surface area contributed by atoms with Gasteiger partial charge >= 0.3 is 6.29 Å². The van der Waals surface area contributed by atoms with Crippen LogP contribution in [-0.2, 0) is 56.9 Å². The number of nitrogens with two attached hydrogens (primary N) is 3.